The van der Waals surface area contributed by atoms with Gasteiger partial charge >= 0.3 is 0 Å². The summed E-state index contributed by atoms with van der Waals surface area (Å²) in [7, 11) is -3.81. The van der Waals surface area contributed by atoms with Crippen LogP contribution in [0.4, 0.5) is 10.1 Å². The Balaban J connectivity index is 2.18. The van der Waals surface area contributed by atoms with Crippen LogP contribution in [0.25, 0.3) is 0 Å². The van der Waals surface area contributed by atoms with Gasteiger partial charge < -0.3 is 5.11 Å². The Morgan fingerprint density at radius 1 is 1.17 bits per heavy atom. The van der Waals surface area contributed by atoms with E-state index in [9.17, 15) is 17.9 Å². The molecule has 0 bridgehead atoms. The second kappa shape index (κ2) is 5.62. The summed E-state index contributed by atoms with van der Waals surface area (Å²) >= 11 is 0. The number of aliphatic hydroxyl groups is 1. The van der Waals surface area contributed by atoms with Crippen LogP contribution < -0.4 is 4.31 Å². The van der Waals surface area contributed by atoms with Gasteiger partial charge in [0.1, 0.15) is 5.82 Å². The van der Waals surface area contributed by atoms with E-state index in [2.05, 4.69) is 0 Å². The Labute approximate surface area is 135 Å². The summed E-state index contributed by atoms with van der Waals surface area (Å²) in [5, 5.41) is 10.2. The smallest absolute Gasteiger partial charge is 0.264 e. The largest absolute Gasteiger partial charge is 0.388 e. The van der Waals surface area contributed by atoms with Gasteiger partial charge in [-0.3, -0.25) is 4.31 Å². The molecule has 6 heteroatoms. The molecule has 0 saturated heterocycles. The van der Waals surface area contributed by atoms with Crippen LogP contribution in [0, 0.1) is 19.7 Å². The molecule has 0 amide bonds. The zero-order valence-electron chi connectivity index (χ0n) is 13.0. The maximum atomic E-state index is 13.3. The number of aryl methyl sites for hydroxylation is 2. The second-order valence-corrected chi connectivity index (χ2v) is 7.63. The fourth-order valence-corrected chi connectivity index (χ4v) is 4.84. The van der Waals surface area contributed by atoms with Gasteiger partial charge in [-0.15, -0.1) is 0 Å². The van der Waals surface area contributed by atoms with E-state index in [0.29, 0.717) is 23.2 Å². The molecule has 3 rings (SSSR count). The molecule has 1 aliphatic rings. The number of para-hydroxylation sites is 1. The fraction of sp³-hybridized carbons (Fsp3) is 0.294. The van der Waals surface area contributed by atoms with E-state index in [4.69, 9.17) is 0 Å². The first-order chi connectivity index (χ1) is 10.8. The highest BCUT2D eigenvalue weighted by atomic mass is 32.2. The van der Waals surface area contributed by atoms with Gasteiger partial charge in [-0.2, -0.15) is 0 Å². The van der Waals surface area contributed by atoms with Gasteiger partial charge in [-0.05, 0) is 49.6 Å². The Morgan fingerprint density at radius 3 is 2.61 bits per heavy atom. The summed E-state index contributed by atoms with van der Waals surface area (Å²) in [4.78, 5) is 0.0875. The molecule has 1 heterocycles. The lowest BCUT2D eigenvalue weighted by atomic mass is 9.98. The first-order valence-electron chi connectivity index (χ1n) is 7.39. The van der Waals surface area contributed by atoms with Crippen molar-refractivity contribution >= 4 is 15.7 Å². The predicted molar refractivity (Wildman–Crippen MR) is 86.4 cm³/mol. The molecule has 23 heavy (non-hydrogen) atoms. The average Bonchev–Trinajstić information content (AvgIpc) is 2.48. The van der Waals surface area contributed by atoms with Gasteiger partial charge in [-0.1, -0.05) is 18.2 Å². The van der Waals surface area contributed by atoms with Crippen LogP contribution in [0.15, 0.2) is 41.3 Å². The lowest BCUT2D eigenvalue weighted by Gasteiger charge is -2.34. The van der Waals surface area contributed by atoms with Crippen molar-refractivity contribution in [2.45, 2.75) is 31.3 Å². The first kappa shape index (κ1) is 16.0. The lowest BCUT2D eigenvalue weighted by Crippen LogP contribution is -2.37. The highest BCUT2D eigenvalue weighted by Gasteiger charge is 2.34. The third-order valence-corrected chi connectivity index (χ3v) is 6.15. The number of rotatable bonds is 2. The molecule has 0 saturated carbocycles. The summed E-state index contributed by atoms with van der Waals surface area (Å²) < 4.78 is 40.7. The van der Waals surface area contributed by atoms with Crippen LogP contribution in [0.5, 0.6) is 0 Å². The average molecular weight is 335 g/mol. The number of aliphatic hydroxyl groups excluding tert-OH is 1. The Morgan fingerprint density at radius 2 is 1.91 bits per heavy atom. The standard InChI is InChI=1S/C17H18FNO3S/c1-11-4-3-5-14-15(20)8-9-19(17(11)14)23(21,22)16-7-6-13(18)10-12(16)2/h3-7,10,15,20H,8-9H2,1-2H3. The number of hydrogen-bond acceptors (Lipinski definition) is 3. The Bertz CT molecular complexity index is 864. The number of benzene rings is 2. The van der Waals surface area contributed by atoms with Crippen molar-refractivity contribution in [1.29, 1.82) is 0 Å². The van der Waals surface area contributed by atoms with Gasteiger partial charge in [-0.25, -0.2) is 12.8 Å². The number of fused-ring (bicyclic) bond motifs is 1. The fourth-order valence-electron chi connectivity index (χ4n) is 3.06. The summed E-state index contributed by atoms with van der Waals surface area (Å²) in [6, 6.07) is 9.02. The quantitative estimate of drug-likeness (QED) is 0.917. The lowest BCUT2D eigenvalue weighted by molar-refractivity contribution is 0.166. The molecular formula is C17H18FNO3S. The maximum Gasteiger partial charge on any atom is 0.264 e. The monoisotopic (exact) mass is 335 g/mol. The van der Waals surface area contributed by atoms with E-state index in [1.54, 1.807) is 19.1 Å². The molecule has 2 aromatic rings. The first-order valence-corrected chi connectivity index (χ1v) is 8.83. The summed E-state index contributed by atoms with van der Waals surface area (Å²) in [5.74, 6) is -0.466. The molecule has 1 N–H and O–H groups in total. The van der Waals surface area contributed by atoms with E-state index in [1.807, 2.05) is 13.0 Å². The number of nitrogens with zero attached hydrogens (tertiary/aromatic N) is 1. The van der Waals surface area contributed by atoms with E-state index < -0.39 is 21.9 Å². The van der Waals surface area contributed by atoms with Gasteiger partial charge in [0.2, 0.25) is 0 Å². The zero-order chi connectivity index (χ0) is 16.8. The molecule has 0 aliphatic carbocycles. The van der Waals surface area contributed by atoms with E-state index in [1.165, 1.54) is 16.4 Å². The third kappa shape index (κ3) is 2.62. The molecule has 4 nitrogen and oxygen atoms in total. The molecule has 1 atom stereocenters. The van der Waals surface area contributed by atoms with Crippen molar-refractivity contribution in [2.75, 3.05) is 10.8 Å². The van der Waals surface area contributed by atoms with Crippen molar-refractivity contribution in [3.05, 3.63) is 58.9 Å². The molecule has 0 radical (unpaired) electrons. The normalized spacial score (nSPS) is 17.9. The van der Waals surface area contributed by atoms with E-state index >= 15 is 0 Å². The van der Waals surface area contributed by atoms with Crippen LogP contribution in [-0.4, -0.2) is 20.1 Å². The van der Waals surface area contributed by atoms with E-state index in [0.717, 1.165) is 11.6 Å². The summed E-state index contributed by atoms with van der Waals surface area (Å²) in [6.07, 6.45) is -0.346. The van der Waals surface area contributed by atoms with Gasteiger partial charge in [0.25, 0.3) is 10.0 Å². The maximum absolute atomic E-state index is 13.3. The van der Waals surface area contributed by atoms with Crippen molar-refractivity contribution in [3.8, 4) is 0 Å². The highest BCUT2D eigenvalue weighted by molar-refractivity contribution is 7.92. The molecule has 122 valence electrons. The SMILES string of the molecule is Cc1cc(F)ccc1S(=O)(=O)N1CCC(O)c2cccc(C)c21. The Hall–Kier alpha value is -1.92. The van der Waals surface area contributed by atoms with Crippen molar-refractivity contribution in [2.24, 2.45) is 0 Å². The minimum Gasteiger partial charge on any atom is -0.388 e. The number of sulfonamides is 1. The molecular weight excluding hydrogens is 317 g/mol. The van der Waals surface area contributed by atoms with Crippen molar-refractivity contribution in [3.63, 3.8) is 0 Å². The molecule has 1 unspecified atom stereocenters. The Kier molecular flexibility index (Phi) is 3.90. The van der Waals surface area contributed by atoms with Gasteiger partial charge in [0.05, 0.1) is 16.7 Å². The minimum atomic E-state index is -3.81. The second-order valence-electron chi connectivity index (χ2n) is 5.80. The molecule has 0 spiro atoms. The van der Waals surface area contributed by atoms with E-state index in [-0.39, 0.29) is 11.4 Å². The van der Waals surface area contributed by atoms with Crippen molar-refractivity contribution in [1.82, 2.24) is 0 Å². The third-order valence-electron chi connectivity index (χ3n) is 4.19. The minimum absolute atomic E-state index is 0.0875. The molecule has 1 aliphatic heterocycles. The van der Waals surface area contributed by atoms with Crippen LogP contribution >= 0.6 is 0 Å². The summed E-state index contributed by atoms with van der Waals surface area (Å²) in [6.45, 7) is 3.59. The van der Waals surface area contributed by atoms with Crippen LogP contribution in [0.3, 0.4) is 0 Å². The highest BCUT2D eigenvalue weighted by Crippen LogP contribution is 2.39. The van der Waals surface area contributed by atoms with Crippen LogP contribution in [0.2, 0.25) is 0 Å². The molecule has 2 aromatic carbocycles. The van der Waals surface area contributed by atoms with Gasteiger partial charge in [0.15, 0.2) is 0 Å². The summed E-state index contributed by atoms with van der Waals surface area (Å²) in [5.41, 5.74) is 2.28. The predicted octanol–water partition coefficient (Wildman–Crippen LogP) is 3.07. The molecule has 0 fully saturated rings. The van der Waals surface area contributed by atoms with Crippen LogP contribution in [-0.2, 0) is 10.0 Å². The van der Waals surface area contributed by atoms with Gasteiger partial charge in [0, 0.05) is 12.1 Å². The van der Waals surface area contributed by atoms with Crippen molar-refractivity contribution < 1.29 is 17.9 Å². The number of anilines is 1. The zero-order valence-corrected chi connectivity index (χ0v) is 13.8. The molecule has 0 aromatic heterocycles. The van der Waals surface area contributed by atoms with Crippen LogP contribution in [0.1, 0.15) is 29.2 Å². The number of hydrogen-bond donors (Lipinski definition) is 1. The number of halogens is 1. The topological polar surface area (TPSA) is 57.6 Å².